The third kappa shape index (κ3) is 3.70. The highest BCUT2D eigenvalue weighted by atomic mass is 32.2. The van der Waals surface area contributed by atoms with Gasteiger partial charge in [-0.25, -0.2) is 4.98 Å². The van der Waals surface area contributed by atoms with Crippen LogP contribution in [0.15, 0.2) is 71.1 Å². The van der Waals surface area contributed by atoms with Crippen LogP contribution in [0.2, 0.25) is 0 Å². The van der Waals surface area contributed by atoms with E-state index in [1.165, 1.54) is 11.8 Å². The SMILES string of the molecule is C=CCn1c(SCC(=O)c2ccc(OC)cc2)nc2ccccc2c1=O. The molecule has 26 heavy (non-hydrogen) atoms. The molecule has 0 N–H and O–H groups in total. The quantitative estimate of drug-likeness (QED) is 0.277. The van der Waals surface area contributed by atoms with Gasteiger partial charge in [0.2, 0.25) is 0 Å². The van der Waals surface area contributed by atoms with E-state index in [1.54, 1.807) is 54.2 Å². The highest BCUT2D eigenvalue weighted by Gasteiger charge is 2.13. The number of carbonyl (C=O) groups is 1. The van der Waals surface area contributed by atoms with Crippen molar-refractivity contribution in [1.82, 2.24) is 9.55 Å². The molecule has 0 spiro atoms. The summed E-state index contributed by atoms with van der Waals surface area (Å²) in [5, 5.41) is 1.07. The second-order valence-electron chi connectivity index (χ2n) is 5.56. The van der Waals surface area contributed by atoms with Crippen LogP contribution < -0.4 is 10.3 Å². The van der Waals surface area contributed by atoms with Crippen molar-refractivity contribution in [2.24, 2.45) is 0 Å². The smallest absolute Gasteiger partial charge is 0.262 e. The lowest BCUT2D eigenvalue weighted by atomic mass is 10.1. The van der Waals surface area contributed by atoms with Gasteiger partial charge >= 0.3 is 0 Å². The fourth-order valence-electron chi connectivity index (χ4n) is 2.54. The largest absolute Gasteiger partial charge is 0.497 e. The van der Waals surface area contributed by atoms with Crippen molar-refractivity contribution >= 4 is 28.4 Å². The Morgan fingerprint density at radius 2 is 1.96 bits per heavy atom. The van der Waals surface area contributed by atoms with E-state index in [0.717, 1.165) is 0 Å². The number of para-hydroxylation sites is 1. The van der Waals surface area contributed by atoms with Gasteiger partial charge in [0.15, 0.2) is 10.9 Å². The van der Waals surface area contributed by atoms with Crippen LogP contribution >= 0.6 is 11.8 Å². The first-order chi connectivity index (χ1) is 12.6. The molecule has 0 amide bonds. The summed E-state index contributed by atoms with van der Waals surface area (Å²) < 4.78 is 6.64. The molecular formula is C20H18N2O3S. The van der Waals surface area contributed by atoms with Gasteiger partial charge in [-0.1, -0.05) is 30.0 Å². The van der Waals surface area contributed by atoms with E-state index in [0.29, 0.717) is 33.9 Å². The van der Waals surface area contributed by atoms with E-state index < -0.39 is 0 Å². The zero-order valence-electron chi connectivity index (χ0n) is 14.3. The fraction of sp³-hybridized carbons (Fsp3) is 0.150. The van der Waals surface area contributed by atoms with Crippen LogP contribution in [0.25, 0.3) is 10.9 Å². The summed E-state index contributed by atoms with van der Waals surface area (Å²) in [5.74, 6) is 0.851. The average molecular weight is 366 g/mol. The Bertz CT molecular complexity index is 1010. The van der Waals surface area contributed by atoms with Gasteiger partial charge in [-0.15, -0.1) is 6.58 Å². The van der Waals surface area contributed by atoms with E-state index in [1.807, 2.05) is 12.1 Å². The first-order valence-electron chi connectivity index (χ1n) is 8.04. The number of hydrogen-bond donors (Lipinski definition) is 0. The third-order valence-corrected chi connectivity index (χ3v) is 4.86. The molecule has 5 nitrogen and oxygen atoms in total. The van der Waals surface area contributed by atoms with Crippen LogP contribution in [0.3, 0.4) is 0 Å². The van der Waals surface area contributed by atoms with Gasteiger partial charge in [-0.3, -0.25) is 14.2 Å². The Morgan fingerprint density at radius 3 is 2.65 bits per heavy atom. The fourth-order valence-corrected chi connectivity index (χ4v) is 3.44. The number of fused-ring (bicyclic) bond motifs is 1. The van der Waals surface area contributed by atoms with Crippen LogP contribution in [0.1, 0.15) is 10.4 Å². The first kappa shape index (κ1) is 17.9. The van der Waals surface area contributed by atoms with Crippen LogP contribution in [0, 0.1) is 0 Å². The summed E-state index contributed by atoms with van der Waals surface area (Å²) >= 11 is 1.25. The molecule has 3 aromatic rings. The maximum absolute atomic E-state index is 12.7. The van der Waals surface area contributed by atoms with Gasteiger partial charge in [0.1, 0.15) is 5.75 Å². The number of allylic oxidation sites excluding steroid dienone is 1. The molecule has 1 aromatic heterocycles. The molecule has 0 aliphatic heterocycles. The normalized spacial score (nSPS) is 10.7. The number of Topliss-reactive ketones (excluding diaryl/α,β-unsaturated/α-hetero) is 1. The van der Waals surface area contributed by atoms with Gasteiger partial charge in [0.05, 0.1) is 23.8 Å². The Labute approximate surface area is 155 Å². The zero-order chi connectivity index (χ0) is 18.5. The van der Waals surface area contributed by atoms with Crippen molar-refractivity contribution in [1.29, 1.82) is 0 Å². The first-order valence-corrected chi connectivity index (χ1v) is 9.03. The lowest BCUT2D eigenvalue weighted by Gasteiger charge is -2.11. The molecule has 1 heterocycles. The van der Waals surface area contributed by atoms with E-state index in [4.69, 9.17) is 4.74 Å². The topological polar surface area (TPSA) is 61.2 Å². The number of thioether (sulfide) groups is 1. The molecule has 6 heteroatoms. The van der Waals surface area contributed by atoms with Crippen molar-refractivity contribution in [3.05, 3.63) is 77.1 Å². The lowest BCUT2D eigenvalue weighted by molar-refractivity contribution is 0.102. The summed E-state index contributed by atoms with van der Waals surface area (Å²) in [6.45, 7) is 4.04. The molecule has 0 fully saturated rings. The maximum atomic E-state index is 12.7. The summed E-state index contributed by atoms with van der Waals surface area (Å²) in [6, 6.07) is 14.1. The molecule has 0 atom stereocenters. The Hall–Kier alpha value is -2.86. The molecule has 2 aromatic carbocycles. The Balaban J connectivity index is 1.87. The second kappa shape index (κ2) is 8.01. The number of aromatic nitrogens is 2. The van der Waals surface area contributed by atoms with Gasteiger partial charge in [-0.05, 0) is 36.4 Å². The number of rotatable bonds is 7. The minimum atomic E-state index is -0.130. The molecule has 0 unspecified atom stereocenters. The van der Waals surface area contributed by atoms with Gasteiger partial charge in [0.25, 0.3) is 5.56 Å². The molecular weight excluding hydrogens is 348 g/mol. The van der Waals surface area contributed by atoms with Crippen molar-refractivity contribution in [3.8, 4) is 5.75 Å². The summed E-state index contributed by atoms with van der Waals surface area (Å²) in [5.41, 5.74) is 1.09. The number of hydrogen-bond acceptors (Lipinski definition) is 5. The van der Waals surface area contributed by atoms with E-state index in [-0.39, 0.29) is 17.1 Å². The summed E-state index contributed by atoms with van der Waals surface area (Å²) in [4.78, 5) is 29.7. The molecule has 0 bridgehead atoms. The maximum Gasteiger partial charge on any atom is 0.262 e. The van der Waals surface area contributed by atoms with Crippen molar-refractivity contribution in [2.45, 2.75) is 11.7 Å². The van der Waals surface area contributed by atoms with Gasteiger partial charge in [-0.2, -0.15) is 0 Å². The number of nitrogens with zero attached hydrogens (tertiary/aromatic N) is 2. The number of ether oxygens (including phenoxy) is 1. The van der Waals surface area contributed by atoms with Gasteiger partial charge < -0.3 is 4.74 Å². The van der Waals surface area contributed by atoms with E-state index >= 15 is 0 Å². The standard InChI is InChI=1S/C20H18N2O3S/c1-3-12-22-19(24)16-6-4-5-7-17(16)21-20(22)26-13-18(23)14-8-10-15(25-2)11-9-14/h3-11H,1,12-13H2,2H3. The number of ketones is 1. The second-order valence-corrected chi connectivity index (χ2v) is 6.50. The number of carbonyl (C=O) groups excluding carboxylic acids is 1. The van der Waals surface area contributed by atoms with Crippen molar-refractivity contribution < 1.29 is 9.53 Å². The summed E-state index contributed by atoms with van der Waals surface area (Å²) in [7, 11) is 1.58. The third-order valence-electron chi connectivity index (χ3n) is 3.88. The Morgan fingerprint density at radius 1 is 1.23 bits per heavy atom. The molecule has 0 saturated heterocycles. The molecule has 3 rings (SSSR count). The van der Waals surface area contributed by atoms with Gasteiger partial charge in [0, 0.05) is 12.1 Å². The minimum absolute atomic E-state index is 0.0368. The van der Waals surface area contributed by atoms with Crippen molar-refractivity contribution in [2.75, 3.05) is 12.9 Å². The average Bonchev–Trinajstić information content (AvgIpc) is 2.68. The molecule has 132 valence electrons. The zero-order valence-corrected chi connectivity index (χ0v) is 15.2. The molecule has 0 radical (unpaired) electrons. The lowest BCUT2D eigenvalue weighted by Crippen LogP contribution is -2.23. The number of benzene rings is 2. The number of methoxy groups -OCH3 is 1. The molecule has 0 saturated carbocycles. The highest BCUT2D eigenvalue weighted by molar-refractivity contribution is 7.99. The monoisotopic (exact) mass is 366 g/mol. The van der Waals surface area contributed by atoms with Crippen LogP contribution in [0.4, 0.5) is 0 Å². The predicted molar refractivity (Wildman–Crippen MR) is 104 cm³/mol. The molecule has 0 aliphatic rings. The Kier molecular flexibility index (Phi) is 5.53. The van der Waals surface area contributed by atoms with Crippen molar-refractivity contribution in [3.63, 3.8) is 0 Å². The van der Waals surface area contributed by atoms with E-state index in [2.05, 4.69) is 11.6 Å². The summed E-state index contributed by atoms with van der Waals surface area (Å²) in [6.07, 6.45) is 1.65. The predicted octanol–water partition coefficient (Wildman–Crippen LogP) is 3.57. The molecule has 0 aliphatic carbocycles. The van der Waals surface area contributed by atoms with Crippen LogP contribution in [-0.2, 0) is 6.54 Å². The highest BCUT2D eigenvalue weighted by Crippen LogP contribution is 2.20. The van der Waals surface area contributed by atoms with Crippen LogP contribution in [0.5, 0.6) is 5.75 Å². The van der Waals surface area contributed by atoms with E-state index in [9.17, 15) is 9.59 Å². The van der Waals surface area contributed by atoms with Crippen LogP contribution in [-0.4, -0.2) is 28.2 Å². The minimum Gasteiger partial charge on any atom is -0.497 e.